The Balaban J connectivity index is 1.72. The number of amides is 1. The van der Waals surface area contributed by atoms with E-state index in [1.807, 2.05) is 70.2 Å². The van der Waals surface area contributed by atoms with E-state index in [2.05, 4.69) is 15.9 Å². The third-order valence-corrected chi connectivity index (χ3v) is 7.13. The van der Waals surface area contributed by atoms with Crippen LogP contribution in [0.5, 0.6) is 0 Å². The molecule has 33 heavy (non-hydrogen) atoms. The highest BCUT2D eigenvalue weighted by Gasteiger charge is 2.61. The molecule has 1 saturated heterocycles. The Hall–Kier alpha value is -2.36. The van der Waals surface area contributed by atoms with Gasteiger partial charge in [0.25, 0.3) is 0 Å². The highest BCUT2D eigenvalue weighted by Crippen LogP contribution is 2.49. The molecule has 0 spiro atoms. The van der Waals surface area contributed by atoms with Gasteiger partial charge in [-0.1, -0.05) is 46.3 Å². The first-order valence-electron chi connectivity index (χ1n) is 10.8. The van der Waals surface area contributed by atoms with Crippen LogP contribution in [-0.2, 0) is 30.2 Å². The van der Waals surface area contributed by atoms with Gasteiger partial charge in [-0.15, -0.1) is 0 Å². The van der Waals surface area contributed by atoms with E-state index in [1.54, 1.807) is 6.07 Å². The fourth-order valence-corrected chi connectivity index (χ4v) is 4.58. The van der Waals surface area contributed by atoms with Crippen molar-refractivity contribution in [2.24, 2.45) is 0 Å². The van der Waals surface area contributed by atoms with Crippen LogP contribution in [-0.4, -0.2) is 43.5 Å². The first-order chi connectivity index (χ1) is 15.6. The molecule has 0 radical (unpaired) electrons. The lowest BCUT2D eigenvalue weighted by atomic mass is 9.65. The molecule has 1 amide bonds. The number of ether oxygens (including phenoxy) is 2. The van der Waals surface area contributed by atoms with Crippen molar-refractivity contribution >= 4 is 40.8 Å². The maximum absolute atomic E-state index is 13.3. The number of hydrogen-bond acceptors (Lipinski definition) is 6. The Kier molecular flexibility index (Phi) is 6.33. The van der Waals surface area contributed by atoms with Crippen LogP contribution in [0.1, 0.15) is 44.6 Å². The van der Waals surface area contributed by atoms with E-state index in [0.717, 1.165) is 15.6 Å². The van der Waals surface area contributed by atoms with E-state index in [9.17, 15) is 9.59 Å². The number of hydrogen-bond donors (Lipinski definition) is 0. The zero-order chi connectivity index (χ0) is 24.0. The summed E-state index contributed by atoms with van der Waals surface area (Å²) < 4.78 is 24.1. The van der Waals surface area contributed by atoms with Crippen LogP contribution < -0.4 is 4.90 Å². The molecule has 0 saturated carbocycles. The van der Waals surface area contributed by atoms with Gasteiger partial charge in [0.1, 0.15) is 12.6 Å². The van der Waals surface area contributed by atoms with Crippen LogP contribution in [0.4, 0.5) is 10.5 Å². The molecular weight excluding hydrogens is 489 g/mol. The number of rotatable bonds is 4. The van der Waals surface area contributed by atoms with Gasteiger partial charge < -0.3 is 18.8 Å². The maximum atomic E-state index is 13.3. The van der Waals surface area contributed by atoms with Gasteiger partial charge in [-0.05, 0) is 57.0 Å². The van der Waals surface area contributed by atoms with Crippen molar-refractivity contribution in [2.45, 2.75) is 57.4 Å². The van der Waals surface area contributed by atoms with Gasteiger partial charge in [-0.25, -0.2) is 9.59 Å². The number of halogens is 1. The minimum atomic E-state index is -1.00. The Morgan fingerprint density at radius 2 is 1.70 bits per heavy atom. The molecule has 0 N–H and O–H groups in total. The molecule has 9 heteroatoms. The lowest BCUT2D eigenvalue weighted by Crippen LogP contribution is -2.49. The number of fused-ring (bicyclic) bond motifs is 1. The van der Waals surface area contributed by atoms with Gasteiger partial charge in [0, 0.05) is 4.47 Å². The number of anilines is 1. The van der Waals surface area contributed by atoms with Crippen LogP contribution in [0.15, 0.2) is 53.0 Å². The smallest absolute Gasteiger partial charge is 0.467 e. The normalized spacial score (nSPS) is 22.7. The average Bonchev–Trinajstić information content (AvgIpc) is 3.21. The Labute approximate surface area is 202 Å². The second-order valence-corrected chi connectivity index (χ2v) is 10.1. The molecule has 0 aromatic heterocycles. The molecule has 174 valence electrons. The second-order valence-electron chi connectivity index (χ2n) is 9.23. The summed E-state index contributed by atoms with van der Waals surface area (Å²) in [6, 6.07) is 13.8. The Bertz CT molecular complexity index is 1040. The number of benzene rings is 2. The van der Waals surface area contributed by atoms with Crippen molar-refractivity contribution in [3.63, 3.8) is 0 Å². The Morgan fingerprint density at radius 1 is 1.06 bits per heavy atom. The molecule has 4 rings (SSSR count). The molecule has 2 aromatic rings. The summed E-state index contributed by atoms with van der Waals surface area (Å²) in [5, 5.41) is 0. The van der Waals surface area contributed by atoms with Gasteiger partial charge in [0.15, 0.2) is 0 Å². The van der Waals surface area contributed by atoms with Crippen LogP contribution in [0.3, 0.4) is 0 Å². The first-order valence-corrected chi connectivity index (χ1v) is 11.6. The van der Waals surface area contributed by atoms with Gasteiger partial charge in [-0.3, -0.25) is 4.90 Å². The highest BCUT2D eigenvalue weighted by atomic mass is 79.9. The SMILES string of the molecule is COC(=O)C1[C@@H](B2OC(C)(C)C(C)(C)O2)c2cc(Br)ccc2N1C(=O)OCc1ccccc1. The minimum absolute atomic E-state index is 0.0804. The molecule has 7 nitrogen and oxygen atoms in total. The van der Waals surface area contributed by atoms with E-state index >= 15 is 0 Å². The van der Waals surface area contributed by atoms with Crippen LogP contribution in [0.25, 0.3) is 0 Å². The van der Waals surface area contributed by atoms with Crippen LogP contribution >= 0.6 is 15.9 Å². The fraction of sp³-hybridized carbons (Fsp3) is 0.417. The van der Waals surface area contributed by atoms with Crippen molar-refractivity contribution in [1.29, 1.82) is 0 Å². The number of esters is 1. The molecule has 2 aliphatic rings. The third-order valence-electron chi connectivity index (χ3n) is 6.64. The molecule has 2 aromatic carbocycles. The predicted octanol–water partition coefficient (Wildman–Crippen LogP) is 4.86. The van der Waals surface area contributed by atoms with Crippen LogP contribution in [0, 0.1) is 0 Å². The number of carbonyl (C=O) groups is 2. The summed E-state index contributed by atoms with van der Waals surface area (Å²) in [4.78, 5) is 27.7. The van der Waals surface area contributed by atoms with E-state index < -0.39 is 42.2 Å². The quantitative estimate of drug-likeness (QED) is 0.427. The summed E-state index contributed by atoms with van der Waals surface area (Å²) in [7, 11) is 0.537. The zero-order valence-electron chi connectivity index (χ0n) is 19.3. The van der Waals surface area contributed by atoms with Gasteiger partial charge in [0.2, 0.25) is 0 Å². The number of nitrogens with zero attached hydrogens (tertiary/aromatic N) is 1. The summed E-state index contributed by atoms with van der Waals surface area (Å²) in [5.41, 5.74) is 0.942. The zero-order valence-corrected chi connectivity index (χ0v) is 20.9. The lowest BCUT2D eigenvalue weighted by molar-refractivity contribution is -0.142. The van der Waals surface area contributed by atoms with E-state index in [0.29, 0.717) is 5.69 Å². The highest BCUT2D eigenvalue weighted by molar-refractivity contribution is 9.10. The number of methoxy groups -OCH3 is 1. The van der Waals surface area contributed by atoms with Crippen molar-refractivity contribution in [3.8, 4) is 0 Å². The van der Waals surface area contributed by atoms with Crippen molar-refractivity contribution in [3.05, 3.63) is 64.1 Å². The largest absolute Gasteiger partial charge is 0.468 e. The van der Waals surface area contributed by atoms with Crippen molar-refractivity contribution in [1.82, 2.24) is 0 Å². The monoisotopic (exact) mass is 515 g/mol. The molecule has 0 aliphatic carbocycles. The summed E-state index contributed by atoms with van der Waals surface area (Å²) in [6.07, 6.45) is -0.642. The summed E-state index contributed by atoms with van der Waals surface area (Å²) in [6.45, 7) is 7.87. The van der Waals surface area contributed by atoms with Crippen molar-refractivity contribution < 1.29 is 28.4 Å². The molecular formula is C24H27BBrNO6. The molecule has 1 unspecified atom stereocenters. The van der Waals surface area contributed by atoms with Gasteiger partial charge in [0.05, 0.1) is 29.8 Å². The van der Waals surface area contributed by atoms with E-state index in [4.69, 9.17) is 18.8 Å². The lowest BCUT2D eigenvalue weighted by Gasteiger charge is -2.32. The second kappa shape index (κ2) is 8.78. The molecule has 0 bridgehead atoms. The molecule has 2 atom stereocenters. The molecule has 2 heterocycles. The van der Waals surface area contributed by atoms with Crippen molar-refractivity contribution in [2.75, 3.05) is 12.0 Å². The van der Waals surface area contributed by atoms with E-state index in [-0.39, 0.29) is 6.61 Å². The summed E-state index contributed by atoms with van der Waals surface area (Å²) >= 11 is 3.51. The van der Waals surface area contributed by atoms with Crippen LogP contribution in [0.2, 0.25) is 0 Å². The average molecular weight is 516 g/mol. The molecule has 1 fully saturated rings. The minimum Gasteiger partial charge on any atom is -0.467 e. The topological polar surface area (TPSA) is 74.3 Å². The first kappa shape index (κ1) is 23.8. The standard InChI is InChI=1S/C24H27BBrNO6/c1-23(2)24(3,4)33-25(32-23)19-17-13-16(26)11-12-18(17)27(20(19)21(28)30-5)22(29)31-14-15-9-7-6-8-10-15/h6-13,19-20H,14H2,1-5H3/t19-,20?/m0/s1. The maximum Gasteiger partial charge on any atom is 0.468 e. The van der Waals surface area contributed by atoms with Gasteiger partial charge >= 0.3 is 19.2 Å². The predicted molar refractivity (Wildman–Crippen MR) is 128 cm³/mol. The van der Waals surface area contributed by atoms with E-state index in [1.165, 1.54) is 12.0 Å². The third kappa shape index (κ3) is 4.29. The number of carbonyl (C=O) groups excluding carboxylic acids is 2. The summed E-state index contributed by atoms with van der Waals surface area (Å²) in [5.74, 6) is -1.17. The fourth-order valence-electron chi connectivity index (χ4n) is 4.20. The molecule has 2 aliphatic heterocycles. The van der Waals surface area contributed by atoms with Gasteiger partial charge in [-0.2, -0.15) is 0 Å². The Morgan fingerprint density at radius 3 is 2.30 bits per heavy atom.